The number of carbonyl (C=O) groups excluding carboxylic acids is 1. The number of benzene rings is 2. The second-order valence-electron chi connectivity index (χ2n) is 7.55. The Balaban J connectivity index is 1.20. The molecule has 0 bridgehead atoms. The number of nitrogens with zero attached hydrogens (tertiary/aromatic N) is 2. The number of hydrogen-bond acceptors (Lipinski definition) is 7. The van der Waals surface area contributed by atoms with Crippen molar-refractivity contribution < 1.29 is 17.7 Å². The SMILES string of the molecule is O=C(NCCCCCc1nc(-c2cccs2)no1)c1cccc(NS(=O)(=O)c2ccccc2)c1. The highest BCUT2D eigenvalue weighted by Gasteiger charge is 2.14. The maximum absolute atomic E-state index is 12.5. The molecule has 0 aliphatic carbocycles. The van der Waals surface area contributed by atoms with E-state index >= 15 is 0 Å². The molecular formula is C24H24N4O4S2. The highest BCUT2D eigenvalue weighted by Crippen LogP contribution is 2.22. The third-order valence-electron chi connectivity index (χ3n) is 4.99. The minimum Gasteiger partial charge on any atom is -0.352 e. The first kappa shape index (κ1) is 23.7. The lowest BCUT2D eigenvalue weighted by Crippen LogP contribution is -2.24. The fourth-order valence-electron chi connectivity index (χ4n) is 3.28. The smallest absolute Gasteiger partial charge is 0.261 e. The van der Waals surface area contributed by atoms with Crippen molar-refractivity contribution in [3.05, 3.63) is 83.6 Å². The average molecular weight is 497 g/mol. The number of thiophene rings is 1. The highest BCUT2D eigenvalue weighted by atomic mass is 32.2. The van der Waals surface area contributed by atoms with Gasteiger partial charge in [0.25, 0.3) is 15.9 Å². The molecule has 0 radical (unpaired) electrons. The molecule has 0 unspecified atom stereocenters. The fraction of sp³-hybridized carbons (Fsp3) is 0.208. The topological polar surface area (TPSA) is 114 Å². The van der Waals surface area contributed by atoms with Crippen LogP contribution in [0.15, 0.2) is 81.5 Å². The van der Waals surface area contributed by atoms with Gasteiger partial charge >= 0.3 is 0 Å². The number of aromatic nitrogens is 2. The van der Waals surface area contributed by atoms with E-state index in [4.69, 9.17) is 4.52 Å². The zero-order valence-electron chi connectivity index (χ0n) is 18.3. The van der Waals surface area contributed by atoms with Crippen LogP contribution in [-0.2, 0) is 16.4 Å². The van der Waals surface area contributed by atoms with E-state index in [1.54, 1.807) is 47.7 Å². The van der Waals surface area contributed by atoms with E-state index in [0.29, 0.717) is 35.9 Å². The maximum atomic E-state index is 12.5. The van der Waals surface area contributed by atoms with Crippen molar-refractivity contribution in [2.75, 3.05) is 11.3 Å². The molecule has 34 heavy (non-hydrogen) atoms. The van der Waals surface area contributed by atoms with Crippen LogP contribution in [0.1, 0.15) is 35.5 Å². The first-order valence-electron chi connectivity index (χ1n) is 10.8. The molecule has 0 fully saturated rings. The summed E-state index contributed by atoms with van der Waals surface area (Å²) in [6.45, 7) is 0.517. The highest BCUT2D eigenvalue weighted by molar-refractivity contribution is 7.92. The molecule has 2 N–H and O–H groups in total. The Bertz CT molecular complexity index is 1320. The summed E-state index contributed by atoms with van der Waals surface area (Å²) in [5.74, 6) is 0.978. The number of anilines is 1. The van der Waals surface area contributed by atoms with E-state index in [2.05, 4.69) is 20.2 Å². The van der Waals surface area contributed by atoms with Crippen LogP contribution < -0.4 is 10.0 Å². The van der Waals surface area contributed by atoms with Gasteiger partial charge in [0.15, 0.2) is 0 Å². The van der Waals surface area contributed by atoms with Crippen molar-refractivity contribution in [1.82, 2.24) is 15.5 Å². The number of sulfonamides is 1. The number of amides is 1. The van der Waals surface area contributed by atoms with E-state index in [9.17, 15) is 13.2 Å². The second kappa shape index (κ2) is 11.1. The number of carbonyl (C=O) groups is 1. The van der Waals surface area contributed by atoms with Crippen molar-refractivity contribution in [1.29, 1.82) is 0 Å². The van der Waals surface area contributed by atoms with Crippen LogP contribution in [0.4, 0.5) is 5.69 Å². The summed E-state index contributed by atoms with van der Waals surface area (Å²) in [4.78, 5) is 18.0. The van der Waals surface area contributed by atoms with E-state index in [-0.39, 0.29) is 10.8 Å². The zero-order chi connectivity index (χ0) is 23.8. The van der Waals surface area contributed by atoms with Crippen LogP contribution >= 0.6 is 11.3 Å². The number of unbranched alkanes of at least 4 members (excludes halogenated alkanes) is 2. The first-order valence-corrected chi connectivity index (χ1v) is 13.2. The lowest BCUT2D eigenvalue weighted by molar-refractivity contribution is 0.0953. The number of aryl methyl sites for hydroxylation is 1. The van der Waals surface area contributed by atoms with Gasteiger partial charge in [-0.15, -0.1) is 11.3 Å². The van der Waals surface area contributed by atoms with E-state index in [1.165, 1.54) is 18.2 Å². The lowest BCUT2D eigenvalue weighted by atomic mass is 10.1. The molecule has 1 amide bonds. The average Bonchev–Trinajstić information content (AvgIpc) is 3.54. The fourth-order valence-corrected chi connectivity index (χ4v) is 5.00. The van der Waals surface area contributed by atoms with E-state index in [1.807, 2.05) is 17.5 Å². The standard InChI is InChI=1S/C24H24N4O4S2/c29-24(18-9-7-10-19(17-18)28-34(30,31)20-11-3-1-4-12-20)25-15-6-2-5-14-22-26-23(27-32-22)21-13-8-16-33-21/h1,3-4,7-13,16-17,28H,2,5-6,14-15H2,(H,25,29). The van der Waals surface area contributed by atoms with Crippen molar-refractivity contribution in [3.8, 4) is 10.7 Å². The second-order valence-corrected chi connectivity index (χ2v) is 10.2. The third-order valence-corrected chi connectivity index (χ3v) is 7.26. The molecule has 2 heterocycles. The summed E-state index contributed by atoms with van der Waals surface area (Å²) in [5.41, 5.74) is 0.721. The van der Waals surface area contributed by atoms with E-state index in [0.717, 1.165) is 24.1 Å². The van der Waals surface area contributed by atoms with Crippen molar-refractivity contribution >= 4 is 33.0 Å². The van der Waals surface area contributed by atoms with Gasteiger partial charge in [-0.3, -0.25) is 9.52 Å². The molecule has 0 spiro atoms. The zero-order valence-corrected chi connectivity index (χ0v) is 19.9. The number of nitrogens with one attached hydrogen (secondary N) is 2. The Morgan fingerprint density at radius 1 is 0.971 bits per heavy atom. The normalized spacial score (nSPS) is 11.3. The molecule has 8 nitrogen and oxygen atoms in total. The van der Waals surface area contributed by atoms with Gasteiger partial charge in [0.05, 0.1) is 9.77 Å². The molecule has 0 aliphatic heterocycles. The molecule has 4 aromatic rings. The molecule has 0 aliphatic rings. The minimum atomic E-state index is -3.72. The summed E-state index contributed by atoms with van der Waals surface area (Å²) in [6, 6.07) is 18.4. The lowest BCUT2D eigenvalue weighted by Gasteiger charge is -2.10. The van der Waals surface area contributed by atoms with Crippen LogP contribution in [0.25, 0.3) is 10.7 Å². The van der Waals surface area contributed by atoms with Crippen LogP contribution in [0.5, 0.6) is 0 Å². The van der Waals surface area contributed by atoms with Gasteiger partial charge < -0.3 is 9.84 Å². The maximum Gasteiger partial charge on any atom is 0.261 e. The van der Waals surface area contributed by atoms with Crippen molar-refractivity contribution in [2.24, 2.45) is 0 Å². The largest absolute Gasteiger partial charge is 0.352 e. The van der Waals surface area contributed by atoms with Gasteiger partial charge in [0.1, 0.15) is 0 Å². The van der Waals surface area contributed by atoms with Crippen LogP contribution in [0.3, 0.4) is 0 Å². The van der Waals surface area contributed by atoms with E-state index < -0.39 is 10.0 Å². The molecular weight excluding hydrogens is 472 g/mol. The molecule has 10 heteroatoms. The van der Waals surface area contributed by atoms with Crippen molar-refractivity contribution in [2.45, 2.75) is 30.6 Å². The van der Waals surface area contributed by atoms with Crippen LogP contribution in [0.2, 0.25) is 0 Å². The molecule has 2 aromatic carbocycles. The Morgan fingerprint density at radius 3 is 2.62 bits per heavy atom. The summed E-state index contributed by atoms with van der Waals surface area (Å²) in [7, 11) is -3.72. The predicted octanol–water partition coefficient (Wildman–Crippen LogP) is 4.74. The van der Waals surface area contributed by atoms with Gasteiger partial charge in [0.2, 0.25) is 11.7 Å². The number of hydrogen-bond donors (Lipinski definition) is 2. The first-order chi connectivity index (χ1) is 16.5. The molecule has 0 atom stereocenters. The monoisotopic (exact) mass is 496 g/mol. The van der Waals surface area contributed by atoms with Gasteiger partial charge in [-0.2, -0.15) is 4.98 Å². The summed E-state index contributed by atoms with van der Waals surface area (Å²) in [5, 5.41) is 8.85. The Hall–Kier alpha value is -3.50. The van der Waals surface area contributed by atoms with Gasteiger partial charge in [-0.05, 0) is 54.6 Å². The van der Waals surface area contributed by atoms with Gasteiger partial charge in [0, 0.05) is 24.2 Å². The summed E-state index contributed by atoms with van der Waals surface area (Å²) < 4.78 is 32.8. The van der Waals surface area contributed by atoms with Crippen molar-refractivity contribution in [3.63, 3.8) is 0 Å². The van der Waals surface area contributed by atoms with Crippen LogP contribution in [-0.4, -0.2) is 31.0 Å². The van der Waals surface area contributed by atoms with Gasteiger partial charge in [-0.25, -0.2) is 8.42 Å². The molecule has 176 valence electrons. The summed E-state index contributed by atoms with van der Waals surface area (Å²) >= 11 is 1.57. The quantitative estimate of drug-likeness (QED) is 0.290. The summed E-state index contributed by atoms with van der Waals surface area (Å²) in [6.07, 6.45) is 3.26. The predicted molar refractivity (Wildman–Crippen MR) is 131 cm³/mol. The molecule has 0 saturated carbocycles. The molecule has 0 saturated heterocycles. The third kappa shape index (κ3) is 6.30. The molecule has 4 rings (SSSR count). The van der Waals surface area contributed by atoms with Crippen LogP contribution in [0, 0.1) is 0 Å². The Morgan fingerprint density at radius 2 is 1.82 bits per heavy atom. The molecule has 2 aromatic heterocycles. The number of rotatable bonds is 11. The van der Waals surface area contributed by atoms with Gasteiger partial charge in [-0.1, -0.05) is 41.9 Å². The Kier molecular flexibility index (Phi) is 7.71. The Labute approximate surface area is 202 Å². The minimum absolute atomic E-state index is 0.160.